The lowest BCUT2D eigenvalue weighted by atomic mass is 10.0. The highest BCUT2D eigenvalue weighted by Crippen LogP contribution is 2.32. The Hall–Kier alpha value is -3.26. The molecule has 0 spiro atoms. The molecule has 2 aromatic carbocycles. The second kappa shape index (κ2) is 10.4. The molecule has 1 heterocycles. The van der Waals surface area contributed by atoms with Gasteiger partial charge in [0.25, 0.3) is 0 Å². The fraction of sp³-hybridized carbons (Fsp3) is 0.250. The van der Waals surface area contributed by atoms with Crippen molar-refractivity contribution in [1.29, 1.82) is 0 Å². The maximum Gasteiger partial charge on any atom is 0.249 e. The van der Waals surface area contributed by atoms with Crippen LogP contribution in [0.1, 0.15) is 29.3 Å². The number of hydrogen-bond donors (Lipinski definition) is 0. The summed E-state index contributed by atoms with van der Waals surface area (Å²) in [6.45, 7) is 6.02. The van der Waals surface area contributed by atoms with Crippen molar-refractivity contribution in [1.82, 2.24) is 9.80 Å². The average molecular weight is 497 g/mol. The molecule has 0 aliphatic carbocycles. The Bertz CT molecular complexity index is 1080. The highest BCUT2D eigenvalue weighted by molar-refractivity contribution is 9.10. The van der Waals surface area contributed by atoms with Gasteiger partial charge in [-0.15, -0.1) is 0 Å². The second-order valence-corrected chi connectivity index (χ2v) is 8.17. The van der Waals surface area contributed by atoms with E-state index in [1.165, 1.54) is 13.3 Å². The molecule has 0 saturated carbocycles. The summed E-state index contributed by atoms with van der Waals surface area (Å²) in [5, 5.41) is 0. The summed E-state index contributed by atoms with van der Waals surface area (Å²) in [7, 11) is 3.24. The summed E-state index contributed by atoms with van der Waals surface area (Å²) >= 11 is 3.46. The number of carbonyl (C=O) groups excluding carboxylic acids is 2. The van der Waals surface area contributed by atoms with Crippen molar-refractivity contribution >= 4 is 46.4 Å². The number of ether oxygens (including phenoxy) is 1. The van der Waals surface area contributed by atoms with Crippen molar-refractivity contribution in [2.75, 3.05) is 14.2 Å². The average Bonchev–Trinajstić information content (AvgIpc) is 2.81. The number of piperazine rings is 1. The summed E-state index contributed by atoms with van der Waals surface area (Å²) in [5.41, 5.74) is 2.60. The van der Waals surface area contributed by atoms with E-state index >= 15 is 0 Å². The van der Waals surface area contributed by atoms with Gasteiger partial charge < -0.3 is 14.5 Å². The number of amides is 1. The number of halogens is 1. The predicted octanol–water partition coefficient (Wildman–Crippen LogP) is 4.60. The van der Waals surface area contributed by atoms with Gasteiger partial charge >= 0.3 is 0 Å². The maximum atomic E-state index is 13.2. The molecule has 0 aromatic heterocycles. The number of nitrogens with zero attached hydrogens (tertiary/aromatic N) is 4. The molecule has 1 aliphatic heterocycles. The summed E-state index contributed by atoms with van der Waals surface area (Å²) in [6, 6.07) is 12.6. The van der Waals surface area contributed by atoms with Crippen LogP contribution in [0.2, 0.25) is 0 Å². The van der Waals surface area contributed by atoms with E-state index in [0.29, 0.717) is 41.5 Å². The largest absolute Gasteiger partial charge is 0.494 e. The van der Waals surface area contributed by atoms with Crippen LogP contribution in [0.25, 0.3) is 0 Å². The van der Waals surface area contributed by atoms with E-state index in [-0.39, 0.29) is 5.91 Å². The second-order valence-electron chi connectivity index (χ2n) is 7.26. The highest BCUT2D eigenvalue weighted by Gasteiger charge is 2.39. The normalized spacial score (nSPS) is 18.9. The Morgan fingerprint density at radius 2 is 1.94 bits per heavy atom. The zero-order valence-electron chi connectivity index (χ0n) is 18.3. The van der Waals surface area contributed by atoms with Crippen LogP contribution in [-0.2, 0) is 11.3 Å². The zero-order valence-corrected chi connectivity index (χ0v) is 19.9. The van der Waals surface area contributed by atoms with Gasteiger partial charge in [-0.25, -0.2) is 4.99 Å². The Morgan fingerprint density at radius 3 is 2.53 bits per heavy atom. The molecule has 2 aromatic rings. The van der Waals surface area contributed by atoms with Crippen molar-refractivity contribution in [3.05, 3.63) is 70.0 Å². The van der Waals surface area contributed by atoms with Crippen LogP contribution in [0.5, 0.6) is 5.75 Å². The first kappa shape index (κ1) is 23.4. The molecule has 1 fully saturated rings. The van der Waals surface area contributed by atoms with E-state index in [4.69, 9.17) is 9.73 Å². The lowest BCUT2D eigenvalue weighted by Crippen LogP contribution is -2.56. The summed E-state index contributed by atoms with van der Waals surface area (Å²) in [5.74, 6) is 0.998. The first-order valence-corrected chi connectivity index (χ1v) is 10.9. The molecule has 0 bridgehead atoms. The lowest BCUT2D eigenvalue weighted by Gasteiger charge is -2.42. The van der Waals surface area contributed by atoms with Gasteiger partial charge in [0.05, 0.1) is 13.3 Å². The van der Waals surface area contributed by atoms with Crippen LogP contribution in [0.3, 0.4) is 0 Å². The number of benzene rings is 2. The number of aliphatic imine (C=N–C) groups is 2. The zero-order chi connectivity index (χ0) is 23.3. The van der Waals surface area contributed by atoms with Crippen LogP contribution in [0.4, 0.5) is 5.69 Å². The smallest absolute Gasteiger partial charge is 0.249 e. The van der Waals surface area contributed by atoms with Gasteiger partial charge in [0.1, 0.15) is 29.5 Å². The molecule has 0 N–H and O–H groups in total. The molecule has 8 heteroatoms. The van der Waals surface area contributed by atoms with Crippen molar-refractivity contribution in [2.24, 2.45) is 9.98 Å². The number of hydrogen-bond acceptors (Lipinski definition) is 5. The van der Waals surface area contributed by atoms with E-state index in [2.05, 4.69) is 27.6 Å². The monoisotopic (exact) mass is 496 g/mol. The van der Waals surface area contributed by atoms with Gasteiger partial charge in [0.2, 0.25) is 5.91 Å². The SMILES string of the molecule is C=N/C=C1\C(=N/c2ccc(C=O)cc2OC)N(Cc2ccc(Br)cc2)C(CC)C(=O)N1C. The Morgan fingerprint density at radius 1 is 1.22 bits per heavy atom. The van der Waals surface area contributed by atoms with Crippen LogP contribution in [0.15, 0.2) is 68.8 Å². The molecule has 1 saturated heterocycles. The molecule has 166 valence electrons. The minimum Gasteiger partial charge on any atom is -0.494 e. The number of amidine groups is 1. The van der Waals surface area contributed by atoms with Gasteiger partial charge in [-0.1, -0.05) is 35.0 Å². The quantitative estimate of drug-likeness (QED) is 0.414. The van der Waals surface area contributed by atoms with Crippen LogP contribution in [-0.4, -0.2) is 54.7 Å². The number of aldehydes is 1. The number of carbonyl (C=O) groups is 2. The van der Waals surface area contributed by atoms with Crippen molar-refractivity contribution < 1.29 is 14.3 Å². The van der Waals surface area contributed by atoms with Crippen LogP contribution >= 0.6 is 15.9 Å². The number of rotatable bonds is 7. The first-order chi connectivity index (χ1) is 15.4. The molecule has 1 atom stereocenters. The highest BCUT2D eigenvalue weighted by atomic mass is 79.9. The van der Waals surface area contributed by atoms with Crippen molar-refractivity contribution in [3.63, 3.8) is 0 Å². The molecule has 7 nitrogen and oxygen atoms in total. The van der Waals surface area contributed by atoms with Gasteiger partial charge in [-0.3, -0.25) is 14.6 Å². The van der Waals surface area contributed by atoms with Crippen LogP contribution in [0, 0.1) is 0 Å². The fourth-order valence-electron chi connectivity index (χ4n) is 3.61. The number of methoxy groups -OCH3 is 1. The molecule has 1 aliphatic rings. The van der Waals surface area contributed by atoms with Gasteiger partial charge in [0.15, 0.2) is 5.84 Å². The molecule has 32 heavy (non-hydrogen) atoms. The standard InChI is InChI=1S/C24H25BrN4O3/c1-5-20-24(31)28(3)21(13-26-2)23(29(20)14-16-6-9-18(25)10-7-16)27-19-11-8-17(15-30)12-22(19)32-4/h6-13,15,20H,2,5,14H2,1,3-4H3/b21-13+,27-23+. The third-order valence-corrected chi connectivity index (χ3v) is 5.82. The summed E-state index contributed by atoms with van der Waals surface area (Å²) in [6.07, 6.45) is 2.89. The van der Waals surface area contributed by atoms with E-state index in [1.807, 2.05) is 36.1 Å². The lowest BCUT2D eigenvalue weighted by molar-refractivity contribution is -0.133. The van der Waals surface area contributed by atoms with Crippen molar-refractivity contribution in [2.45, 2.75) is 25.9 Å². The minimum atomic E-state index is -0.399. The Balaban J connectivity index is 2.18. The molecule has 1 amide bonds. The molecule has 3 rings (SSSR count). The third-order valence-electron chi connectivity index (χ3n) is 5.29. The van der Waals surface area contributed by atoms with E-state index in [1.54, 1.807) is 30.1 Å². The Kier molecular flexibility index (Phi) is 7.58. The third kappa shape index (κ3) is 4.80. The van der Waals surface area contributed by atoms with Crippen LogP contribution < -0.4 is 4.74 Å². The summed E-state index contributed by atoms with van der Waals surface area (Å²) < 4.78 is 6.45. The van der Waals surface area contributed by atoms with Gasteiger partial charge in [0, 0.05) is 23.6 Å². The summed E-state index contributed by atoms with van der Waals surface area (Å²) in [4.78, 5) is 36.7. The fourth-order valence-corrected chi connectivity index (χ4v) is 3.88. The molecule has 0 radical (unpaired) electrons. The van der Waals surface area contributed by atoms with E-state index in [9.17, 15) is 9.59 Å². The molecular formula is C24H25BrN4O3. The Labute approximate surface area is 196 Å². The van der Waals surface area contributed by atoms with Crippen molar-refractivity contribution in [3.8, 4) is 5.75 Å². The van der Waals surface area contributed by atoms with Gasteiger partial charge in [-0.2, -0.15) is 0 Å². The predicted molar refractivity (Wildman–Crippen MR) is 130 cm³/mol. The minimum absolute atomic E-state index is 0.0401. The van der Waals surface area contributed by atoms with E-state index < -0.39 is 6.04 Å². The van der Waals surface area contributed by atoms with Gasteiger partial charge in [-0.05, 0) is 49.0 Å². The molecule has 1 unspecified atom stereocenters. The van der Waals surface area contributed by atoms with E-state index in [0.717, 1.165) is 16.3 Å². The number of likely N-dealkylation sites (N-methyl/N-ethyl adjacent to an activating group) is 1. The topological polar surface area (TPSA) is 74.6 Å². The maximum absolute atomic E-state index is 13.2. The first-order valence-electron chi connectivity index (χ1n) is 10.1. The molecular weight excluding hydrogens is 472 g/mol.